The Balaban J connectivity index is 2.12. The van der Waals surface area contributed by atoms with Crippen LogP contribution < -0.4 is 5.32 Å². The fourth-order valence-corrected chi connectivity index (χ4v) is 3.18. The van der Waals surface area contributed by atoms with Crippen LogP contribution >= 0.6 is 0 Å². The maximum atomic E-state index is 12.3. The topological polar surface area (TPSA) is 84.3 Å². The number of rotatable bonds is 6. The lowest BCUT2D eigenvalue weighted by Crippen LogP contribution is -2.28. The van der Waals surface area contributed by atoms with Gasteiger partial charge >= 0.3 is 0 Å². The minimum atomic E-state index is -3.58. The number of nitrogens with zero attached hydrogens (tertiary/aromatic N) is 3. The first-order chi connectivity index (χ1) is 10.8. The summed E-state index contributed by atoms with van der Waals surface area (Å²) >= 11 is 0. The van der Waals surface area contributed by atoms with Crippen molar-refractivity contribution in [2.24, 2.45) is 0 Å². The molecule has 0 bridgehead atoms. The highest BCUT2D eigenvalue weighted by atomic mass is 32.2. The number of benzene rings is 1. The van der Waals surface area contributed by atoms with E-state index in [9.17, 15) is 13.2 Å². The summed E-state index contributed by atoms with van der Waals surface area (Å²) in [7, 11) is -0.653. The SMILES string of the molecule is Cc1ccc(C(=O)NCCn2cccn2)cc1S(=O)(=O)N(C)C. The third-order valence-electron chi connectivity index (χ3n) is 3.39. The van der Waals surface area contributed by atoms with Crippen molar-refractivity contribution in [2.75, 3.05) is 20.6 Å². The summed E-state index contributed by atoms with van der Waals surface area (Å²) in [6.07, 6.45) is 3.47. The van der Waals surface area contributed by atoms with Crippen LogP contribution in [0.4, 0.5) is 0 Å². The van der Waals surface area contributed by atoms with Gasteiger partial charge < -0.3 is 5.32 Å². The molecule has 8 heteroatoms. The van der Waals surface area contributed by atoms with Crippen LogP contribution in [0.5, 0.6) is 0 Å². The van der Waals surface area contributed by atoms with E-state index in [1.807, 2.05) is 0 Å². The second-order valence-electron chi connectivity index (χ2n) is 5.29. The largest absolute Gasteiger partial charge is 0.350 e. The van der Waals surface area contributed by atoms with Crippen molar-refractivity contribution in [3.8, 4) is 0 Å². The van der Waals surface area contributed by atoms with Crippen molar-refractivity contribution in [1.82, 2.24) is 19.4 Å². The Kier molecular flexibility index (Phi) is 5.17. The molecule has 0 aliphatic carbocycles. The first-order valence-electron chi connectivity index (χ1n) is 7.11. The van der Waals surface area contributed by atoms with Crippen LogP contribution in [0.1, 0.15) is 15.9 Å². The number of aryl methyl sites for hydroxylation is 1. The summed E-state index contributed by atoms with van der Waals surface area (Å²) in [4.78, 5) is 12.3. The fourth-order valence-electron chi connectivity index (χ4n) is 2.03. The summed E-state index contributed by atoms with van der Waals surface area (Å²) in [6, 6.07) is 6.47. The van der Waals surface area contributed by atoms with E-state index in [-0.39, 0.29) is 10.8 Å². The predicted molar refractivity (Wildman–Crippen MR) is 86.6 cm³/mol. The molecule has 1 aromatic carbocycles. The summed E-state index contributed by atoms with van der Waals surface area (Å²) in [6.45, 7) is 2.66. The molecule has 0 aliphatic heterocycles. The molecular formula is C15H20N4O3S. The van der Waals surface area contributed by atoms with Crippen molar-refractivity contribution in [3.05, 3.63) is 47.8 Å². The summed E-state index contributed by atoms with van der Waals surface area (Å²) in [5, 5.41) is 6.80. The molecule has 0 unspecified atom stereocenters. The van der Waals surface area contributed by atoms with Gasteiger partial charge in [-0.25, -0.2) is 12.7 Å². The monoisotopic (exact) mass is 336 g/mol. The van der Waals surface area contributed by atoms with Crippen molar-refractivity contribution in [1.29, 1.82) is 0 Å². The van der Waals surface area contributed by atoms with E-state index < -0.39 is 10.0 Å². The van der Waals surface area contributed by atoms with Crippen molar-refractivity contribution in [3.63, 3.8) is 0 Å². The Morgan fingerprint density at radius 2 is 2.09 bits per heavy atom. The maximum absolute atomic E-state index is 12.3. The van der Waals surface area contributed by atoms with Crippen LogP contribution in [0, 0.1) is 6.92 Å². The molecule has 1 heterocycles. The van der Waals surface area contributed by atoms with E-state index in [1.165, 1.54) is 20.2 Å². The van der Waals surface area contributed by atoms with Crippen LogP contribution in [0.15, 0.2) is 41.6 Å². The number of carbonyl (C=O) groups excluding carboxylic acids is 1. The molecule has 0 radical (unpaired) electrons. The van der Waals surface area contributed by atoms with Crippen LogP contribution in [-0.2, 0) is 16.6 Å². The molecule has 124 valence electrons. The first-order valence-corrected chi connectivity index (χ1v) is 8.55. The Hall–Kier alpha value is -2.19. The minimum Gasteiger partial charge on any atom is -0.350 e. The van der Waals surface area contributed by atoms with Gasteiger partial charge in [-0.2, -0.15) is 5.10 Å². The molecule has 1 amide bonds. The van der Waals surface area contributed by atoms with E-state index in [2.05, 4.69) is 10.4 Å². The second kappa shape index (κ2) is 6.93. The zero-order valence-corrected chi connectivity index (χ0v) is 14.2. The third-order valence-corrected chi connectivity index (χ3v) is 5.35. The molecule has 23 heavy (non-hydrogen) atoms. The van der Waals surface area contributed by atoms with Gasteiger partial charge in [-0.1, -0.05) is 6.07 Å². The molecule has 2 aromatic rings. The Labute approximate surface area is 136 Å². The number of hydrogen-bond acceptors (Lipinski definition) is 4. The minimum absolute atomic E-state index is 0.141. The molecule has 7 nitrogen and oxygen atoms in total. The molecule has 1 aromatic heterocycles. The lowest BCUT2D eigenvalue weighted by molar-refractivity contribution is 0.0951. The summed E-state index contributed by atoms with van der Waals surface area (Å²) in [5.74, 6) is -0.313. The average molecular weight is 336 g/mol. The van der Waals surface area contributed by atoms with Crippen molar-refractivity contribution in [2.45, 2.75) is 18.4 Å². The van der Waals surface area contributed by atoms with Gasteiger partial charge in [-0.15, -0.1) is 0 Å². The molecule has 0 atom stereocenters. The zero-order chi connectivity index (χ0) is 17.0. The predicted octanol–water partition coefficient (Wildman–Crippen LogP) is 0.872. The fraction of sp³-hybridized carbons (Fsp3) is 0.333. The molecule has 0 saturated heterocycles. The van der Waals surface area contributed by atoms with Gasteiger partial charge in [-0.05, 0) is 30.7 Å². The standard InChI is InChI=1S/C15H20N4O3S/c1-12-5-6-13(11-14(12)23(21,22)18(2)3)15(20)16-8-10-19-9-4-7-17-19/h4-7,9,11H,8,10H2,1-3H3,(H,16,20). The van der Waals surface area contributed by atoms with E-state index in [0.717, 1.165) is 4.31 Å². The maximum Gasteiger partial charge on any atom is 0.251 e. The lowest BCUT2D eigenvalue weighted by Gasteiger charge is -2.14. The van der Waals surface area contributed by atoms with E-state index in [1.54, 1.807) is 42.2 Å². The number of sulfonamides is 1. The number of hydrogen-bond donors (Lipinski definition) is 1. The van der Waals surface area contributed by atoms with Crippen LogP contribution in [0.25, 0.3) is 0 Å². The highest BCUT2D eigenvalue weighted by molar-refractivity contribution is 7.89. The van der Waals surface area contributed by atoms with Gasteiger partial charge in [0.2, 0.25) is 10.0 Å². The van der Waals surface area contributed by atoms with Gasteiger partial charge in [0.1, 0.15) is 0 Å². The van der Waals surface area contributed by atoms with Gasteiger partial charge in [0.25, 0.3) is 5.91 Å². The Morgan fingerprint density at radius 3 is 2.70 bits per heavy atom. The van der Waals surface area contributed by atoms with Crippen LogP contribution in [0.3, 0.4) is 0 Å². The lowest BCUT2D eigenvalue weighted by atomic mass is 10.1. The number of aromatic nitrogens is 2. The molecule has 1 N–H and O–H groups in total. The van der Waals surface area contributed by atoms with E-state index in [4.69, 9.17) is 0 Å². The van der Waals surface area contributed by atoms with E-state index >= 15 is 0 Å². The molecule has 2 rings (SSSR count). The Morgan fingerprint density at radius 1 is 1.35 bits per heavy atom. The smallest absolute Gasteiger partial charge is 0.251 e. The zero-order valence-electron chi connectivity index (χ0n) is 13.4. The Bertz CT molecular complexity index is 783. The molecule has 0 fully saturated rings. The van der Waals surface area contributed by atoms with Gasteiger partial charge in [-0.3, -0.25) is 9.48 Å². The highest BCUT2D eigenvalue weighted by Crippen LogP contribution is 2.19. The van der Waals surface area contributed by atoms with Crippen LogP contribution in [-0.4, -0.2) is 49.1 Å². The summed E-state index contributed by atoms with van der Waals surface area (Å²) < 4.78 is 27.4. The molecular weight excluding hydrogens is 316 g/mol. The third kappa shape index (κ3) is 3.96. The number of amides is 1. The van der Waals surface area contributed by atoms with Gasteiger partial charge in [0.05, 0.1) is 11.4 Å². The van der Waals surface area contributed by atoms with E-state index in [0.29, 0.717) is 24.2 Å². The number of nitrogens with one attached hydrogen (secondary N) is 1. The first kappa shape index (κ1) is 17.2. The van der Waals surface area contributed by atoms with Crippen molar-refractivity contribution >= 4 is 15.9 Å². The summed E-state index contributed by atoms with van der Waals surface area (Å²) in [5.41, 5.74) is 0.920. The van der Waals surface area contributed by atoms with Gasteiger partial charge in [0, 0.05) is 38.6 Å². The van der Waals surface area contributed by atoms with Gasteiger partial charge in [0.15, 0.2) is 0 Å². The quantitative estimate of drug-likeness (QED) is 0.848. The average Bonchev–Trinajstić information content (AvgIpc) is 3.00. The molecule has 0 spiro atoms. The molecule has 0 aliphatic rings. The van der Waals surface area contributed by atoms with Crippen LogP contribution in [0.2, 0.25) is 0 Å². The van der Waals surface area contributed by atoms with Crippen molar-refractivity contribution < 1.29 is 13.2 Å². The highest BCUT2D eigenvalue weighted by Gasteiger charge is 2.21. The second-order valence-corrected chi connectivity index (χ2v) is 7.41. The number of carbonyl (C=O) groups is 1. The normalized spacial score (nSPS) is 11.7. The molecule has 0 saturated carbocycles.